The Balaban J connectivity index is 1.90. The molecule has 0 bridgehead atoms. The highest BCUT2D eigenvalue weighted by atomic mass is 19.4. The summed E-state index contributed by atoms with van der Waals surface area (Å²) in [6, 6.07) is 3.77. The van der Waals surface area contributed by atoms with Crippen molar-refractivity contribution in [2.24, 2.45) is 4.99 Å². The van der Waals surface area contributed by atoms with Crippen LogP contribution in [0.15, 0.2) is 23.3 Å². The molecule has 9 heteroatoms. The average molecular weight is 345 g/mol. The van der Waals surface area contributed by atoms with E-state index >= 15 is 0 Å². The quantitative estimate of drug-likeness (QED) is 0.626. The normalized spacial score (nSPS) is 16.2. The molecule has 1 aliphatic rings. The zero-order valence-electron chi connectivity index (χ0n) is 13.6. The van der Waals surface area contributed by atoms with Crippen molar-refractivity contribution in [1.29, 1.82) is 0 Å². The number of nitrogens with zero attached hydrogens (tertiary/aromatic N) is 3. The van der Waals surface area contributed by atoms with E-state index in [4.69, 9.17) is 4.74 Å². The summed E-state index contributed by atoms with van der Waals surface area (Å²) in [6.45, 7) is 3.05. The molecule has 2 rings (SSSR count). The van der Waals surface area contributed by atoms with E-state index in [1.807, 2.05) is 12.1 Å². The van der Waals surface area contributed by atoms with Gasteiger partial charge in [0.1, 0.15) is 5.82 Å². The second kappa shape index (κ2) is 8.72. The Morgan fingerprint density at radius 1 is 1.33 bits per heavy atom. The van der Waals surface area contributed by atoms with Gasteiger partial charge in [-0.2, -0.15) is 13.2 Å². The first-order valence-electron chi connectivity index (χ1n) is 7.77. The first-order chi connectivity index (χ1) is 11.5. The van der Waals surface area contributed by atoms with Crippen molar-refractivity contribution in [2.75, 3.05) is 44.8 Å². The van der Waals surface area contributed by atoms with Crippen molar-refractivity contribution in [3.8, 4) is 0 Å². The lowest BCUT2D eigenvalue weighted by Crippen LogP contribution is -2.40. The highest BCUT2D eigenvalue weighted by molar-refractivity contribution is 5.79. The summed E-state index contributed by atoms with van der Waals surface area (Å²) in [7, 11) is 1.52. The van der Waals surface area contributed by atoms with E-state index in [0.717, 1.165) is 24.5 Å². The van der Waals surface area contributed by atoms with Crippen LogP contribution in [0.25, 0.3) is 0 Å². The van der Waals surface area contributed by atoms with Crippen LogP contribution in [-0.2, 0) is 11.3 Å². The fourth-order valence-corrected chi connectivity index (χ4v) is 2.35. The molecule has 6 nitrogen and oxygen atoms in total. The van der Waals surface area contributed by atoms with Gasteiger partial charge in [0, 0.05) is 45.0 Å². The Morgan fingerprint density at radius 2 is 2.08 bits per heavy atom. The maximum absolute atomic E-state index is 12.2. The minimum Gasteiger partial charge on any atom is -0.378 e. The van der Waals surface area contributed by atoms with Crippen LogP contribution in [0.2, 0.25) is 0 Å². The fraction of sp³-hybridized carbons (Fsp3) is 0.600. The first-order valence-corrected chi connectivity index (χ1v) is 7.77. The number of hydrogen-bond donors (Lipinski definition) is 2. The summed E-state index contributed by atoms with van der Waals surface area (Å²) in [5.74, 6) is 1.19. The number of aliphatic imine (C=N–C) groups is 1. The van der Waals surface area contributed by atoms with Crippen LogP contribution in [0.3, 0.4) is 0 Å². The lowest BCUT2D eigenvalue weighted by Gasteiger charge is -2.29. The van der Waals surface area contributed by atoms with Gasteiger partial charge in [-0.15, -0.1) is 0 Å². The summed E-state index contributed by atoms with van der Waals surface area (Å²) < 4.78 is 41.9. The summed E-state index contributed by atoms with van der Waals surface area (Å²) >= 11 is 0. The lowest BCUT2D eigenvalue weighted by atomic mass is 10.2. The van der Waals surface area contributed by atoms with E-state index in [1.54, 1.807) is 6.20 Å². The van der Waals surface area contributed by atoms with Crippen molar-refractivity contribution >= 4 is 11.8 Å². The van der Waals surface area contributed by atoms with Gasteiger partial charge in [0.15, 0.2) is 5.96 Å². The molecule has 1 aliphatic heterocycles. The predicted molar refractivity (Wildman–Crippen MR) is 86.1 cm³/mol. The molecule has 0 saturated carbocycles. The molecular weight excluding hydrogens is 323 g/mol. The third-order valence-corrected chi connectivity index (χ3v) is 3.55. The van der Waals surface area contributed by atoms with Gasteiger partial charge in [-0.1, -0.05) is 6.07 Å². The molecule has 0 atom stereocenters. The van der Waals surface area contributed by atoms with Crippen molar-refractivity contribution < 1.29 is 17.9 Å². The standard InChI is InChI=1S/C15H22F3N5O/c1-19-14(21-6-4-15(16,17)18)22-11-12-3-2-5-20-13(12)23-7-9-24-10-8-23/h2-3,5H,4,6-11H2,1H3,(H2,19,21,22). The fourth-order valence-electron chi connectivity index (χ4n) is 2.35. The number of alkyl halides is 3. The molecule has 1 fully saturated rings. The van der Waals surface area contributed by atoms with Gasteiger partial charge in [-0.05, 0) is 6.07 Å². The molecule has 0 amide bonds. The molecule has 24 heavy (non-hydrogen) atoms. The van der Waals surface area contributed by atoms with Gasteiger partial charge in [0.25, 0.3) is 0 Å². The van der Waals surface area contributed by atoms with E-state index in [2.05, 4.69) is 25.5 Å². The van der Waals surface area contributed by atoms with Gasteiger partial charge >= 0.3 is 6.18 Å². The minimum absolute atomic E-state index is 0.216. The molecule has 0 radical (unpaired) electrons. The SMILES string of the molecule is CN=C(NCCC(F)(F)F)NCc1cccnc1N1CCOCC1. The molecular formula is C15H22F3N5O. The van der Waals surface area contributed by atoms with Crippen LogP contribution in [0, 0.1) is 0 Å². The van der Waals surface area contributed by atoms with E-state index in [-0.39, 0.29) is 6.54 Å². The van der Waals surface area contributed by atoms with Gasteiger partial charge < -0.3 is 20.3 Å². The molecule has 0 unspecified atom stereocenters. The van der Waals surface area contributed by atoms with Crippen molar-refractivity contribution in [2.45, 2.75) is 19.1 Å². The Hall–Kier alpha value is -2.03. The summed E-state index contributed by atoms with van der Waals surface area (Å²) in [5, 5.41) is 5.69. The third kappa shape index (κ3) is 5.88. The summed E-state index contributed by atoms with van der Waals surface area (Å²) in [4.78, 5) is 10.5. The van der Waals surface area contributed by atoms with Crippen molar-refractivity contribution in [3.63, 3.8) is 0 Å². The summed E-state index contributed by atoms with van der Waals surface area (Å²) in [5.41, 5.74) is 0.957. The highest BCUT2D eigenvalue weighted by Crippen LogP contribution is 2.19. The van der Waals surface area contributed by atoms with Crippen LogP contribution in [-0.4, -0.2) is 57.0 Å². The topological polar surface area (TPSA) is 61.8 Å². The number of aromatic nitrogens is 1. The van der Waals surface area contributed by atoms with Gasteiger partial charge in [0.05, 0.1) is 19.6 Å². The second-order valence-electron chi connectivity index (χ2n) is 5.30. The maximum atomic E-state index is 12.2. The number of hydrogen-bond acceptors (Lipinski definition) is 4. The molecule has 1 aromatic rings. The zero-order valence-corrected chi connectivity index (χ0v) is 13.6. The smallest absolute Gasteiger partial charge is 0.378 e. The number of ether oxygens (including phenoxy) is 1. The number of nitrogens with one attached hydrogen (secondary N) is 2. The Morgan fingerprint density at radius 3 is 2.75 bits per heavy atom. The number of rotatable bonds is 5. The molecule has 1 aromatic heterocycles. The molecule has 0 spiro atoms. The van der Waals surface area contributed by atoms with E-state index in [1.165, 1.54) is 7.05 Å². The Kier molecular flexibility index (Phi) is 6.65. The lowest BCUT2D eigenvalue weighted by molar-refractivity contribution is -0.132. The molecule has 2 heterocycles. The second-order valence-corrected chi connectivity index (χ2v) is 5.30. The number of guanidine groups is 1. The van der Waals surface area contributed by atoms with Crippen LogP contribution >= 0.6 is 0 Å². The van der Waals surface area contributed by atoms with Gasteiger partial charge in [-0.3, -0.25) is 4.99 Å². The van der Waals surface area contributed by atoms with Gasteiger partial charge in [-0.25, -0.2) is 4.98 Å². The zero-order chi connectivity index (χ0) is 17.4. The van der Waals surface area contributed by atoms with Crippen LogP contribution in [0.1, 0.15) is 12.0 Å². The number of morpholine rings is 1. The third-order valence-electron chi connectivity index (χ3n) is 3.55. The van der Waals surface area contributed by atoms with Crippen molar-refractivity contribution in [3.05, 3.63) is 23.9 Å². The van der Waals surface area contributed by atoms with Gasteiger partial charge in [0.2, 0.25) is 0 Å². The Labute approximate surface area is 139 Å². The number of anilines is 1. The van der Waals surface area contributed by atoms with Crippen molar-refractivity contribution in [1.82, 2.24) is 15.6 Å². The maximum Gasteiger partial charge on any atom is 0.390 e. The molecule has 2 N–H and O–H groups in total. The molecule has 134 valence electrons. The van der Waals surface area contributed by atoms with E-state index < -0.39 is 12.6 Å². The Bertz CT molecular complexity index is 544. The van der Waals surface area contributed by atoms with E-state index in [9.17, 15) is 13.2 Å². The van der Waals surface area contributed by atoms with Crippen LogP contribution < -0.4 is 15.5 Å². The summed E-state index contributed by atoms with van der Waals surface area (Å²) in [6.07, 6.45) is -3.36. The average Bonchev–Trinajstić information content (AvgIpc) is 2.58. The molecule has 1 saturated heterocycles. The van der Waals surface area contributed by atoms with Crippen LogP contribution in [0.5, 0.6) is 0 Å². The predicted octanol–water partition coefficient (Wildman–Crippen LogP) is 1.54. The van der Waals surface area contributed by atoms with Crippen LogP contribution in [0.4, 0.5) is 19.0 Å². The largest absolute Gasteiger partial charge is 0.390 e. The molecule has 0 aliphatic carbocycles. The minimum atomic E-state index is -4.18. The molecule has 0 aromatic carbocycles. The number of halogens is 3. The first kappa shape index (κ1) is 18.3. The monoisotopic (exact) mass is 345 g/mol. The van der Waals surface area contributed by atoms with E-state index in [0.29, 0.717) is 25.7 Å². The number of pyridine rings is 1. The highest BCUT2D eigenvalue weighted by Gasteiger charge is 2.26.